The molecule has 1 amide bonds. The molecule has 0 radical (unpaired) electrons. The zero-order valence-electron chi connectivity index (χ0n) is 16.5. The monoisotopic (exact) mass is 392 g/mol. The Labute approximate surface area is 173 Å². The van der Waals surface area contributed by atoms with Gasteiger partial charge in [0.15, 0.2) is 0 Å². The summed E-state index contributed by atoms with van der Waals surface area (Å²) in [6.45, 7) is 2.07. The van der Waals surface area contributed by atoms with Crippen LogP contribution in [0.4, 0.5) is 0 Å². The predicted octanol–water partition coefficient (Wildman–Crippen LogP) is 4.80. The van der Waals surface area contributed by atoms with Gasteiger partial charge < -0.3 is 4.57 Å². The number of nitrogens with one attached hydrogen (secondary N) is 1. The van der Waals surface area contributed by atoms with E-state index in [1.807, 2.05) is 60.0 Å². The Hall–Kier alpha value is -3.99. The van der Waals surface area contributed by atoms with Crippen molar-refractivity contribution in [3.8, 4) is 0 Å². The molecule has 0 saturated carbocycles. The summed E-state index contributed by atoms with van der Waals surface area (Å²) in [5, 5.41) is 8.76. The minimum absolute atomic E-state index is 0.167. The molecule has 0 aliphatic heterocycles. The van der Waals surface area contributed by atoms with Gasteiger partial charge >= 0.3 is 0 Å². The van der Waals surface area contributed by atoms with Crippen molar-refractivity contribution in [3.05, 3.63) is 90.3 Å². The molecule has 1 heterocycles. The van der Waals surface area contributed by atoms with E-state index in [4.69, 9.17) is 0 Å². The van der Waals surface area contributed by atoms with Gasteiger partial charge in [0.2, 0.25) is 0 Å². The van der Waals surface area contributed by atoms with E-state index in [9.17, 15) is 4.79 Å². The first-order valence-electron chi connectivity index (χ1n) is 9.85. The van der Waals surface area contributed by atoms with Gasteiger partial charge in [-0.05, 0) is 46.7 Å². The normalized spacial score (nSPS) is 11.6. The number of para-hydroxylation sites is 2. The second kappa shape index (κ2) is 7.44. The van der Waals surface area contributed by atoms with Crippen molar-refractivity contribution in [2.45, 2.75) is 13.5 Å². The minimum atomic E-state index is -0.193. The van der Waals surface area contributed by atoms with Crippen LogP contribution in [0.1, 0.15) is 11.4 Å². The number of hydrazone groups is 1. The molecular weight excluding hydrogens is 372 g/mol. The molecule has 4 aromatic carbocycles. The second-order valence-corrected chi connectivity index (χ2v) is 7.26. The highest BCUT2D eigenvalue weighted by molar-refractivity contribution is 6.13. The van der Waals surface area contributed by atoms with Crippen molar-refractivity contribution >= 4 is 44.7 Å². The molecule has 1 aromatic heterocycles. The quantitative estimate of drug-likeness (QED) is 0.271. The largest absolute Gasteiger partial charge is 0.319 e. The number of hydrogen-bond donors (Lipinski definition) is 1. The number of carbonyl (C=O) groups excluding carboxylic acids is 1. The van der Waals surface area contributed by atoms with Crippen molar-refractivity contribution in [2.75, 3.05) is 0 Å². The van der Waals surface area contributed by atoms with E-state index < -0.39 is 0 Å². The molecule has 1 N–H and O–H groups in total. The molecule has 0 aliphatic rings. The van der Waals surface area contributed by atoms with Crippen molar-refractivity contribution in [1.82, 2.24) is 15.0 Å². The van der Waals surface area contributed by atoms with Crippen LogP contribution in [0.2, 0.25) is 0 Å². The van der Waals surface area contributed by atoms with Crippen LogP contribution in [0.3, 0.4) is 0 Å². The molecule has 0 unspecified atom stereocenters. The fraction of sp³-hybridized carbons (Fsp3) is 0.0800. The number of amides is 1. The summed E-state index contributed by atoms with van der Waals surface area (Å²) in [4.78, 5) is 17.1. The number of carbonyl (C=O) groups is 1. The van der Waals surface area contributed by atoms with E-state index in [1.165, 1.54) is 0 Å². The van der Waals surface area contributed by atoms with Gasteiger partial charge in [-0.2, -0.15) is 5.10 Å². The highest BCUT2D eigenvalue weighted by atomic mass is 16.2. The number of hydrogen-bond acceptors (Lipinski definition) is 3. The molecule has 0 bridgehead atoms. The van der Waals surface area contributed by atoms with Gasteiger partial charge in [-0.15, -0.1) is 0 Å². The average Bonchev–Trinajstić information content (AvgIpc) is 3.08. The summed E-state index contributed by atoms with van der Waals surface area (Å²) in [5.41, 5.74) is 5.49. The van der Waals surface area contributed by atoms with Gasteiger partial charge in [0.1, 0.15) is 12.4 Å². The zero-order valence-corrected chi connectivity index (χ0v) is 16.5. The maximum Gasteiger partial charge on any atom is 0.260 e. The van der Waals surface area contributed by atoms with Crippen LogP contribution in [-0.4, -0.2) is 21.7 Å². The van der Waals surface area contributed by atoms with Crippen LogP contribution in [0, 0.1) is 6.92 Å². The lowest BCUT2D eigenvalue weighted by molar-refractivity contribution is -0.121. The van der Waals surface area contributed by atoms with Crippen LogP contribution >= 0.6 is 0 Å². The van der Waals surface area contributed by atoms with Gasteiger partial charge in [-0.1, -0.05) is 60.7 Å². The molecule has 0 spiro atoms. The van der Waals surface area contributed by atoms with E-state index >= 15 is 0 Å². The lowest BCUT2D eigenvalue weighted by Crippen LogP contribution is -2.23. The molecule has 0 aliphatic carbocycles. The zero-order chi connectivity index (χ0) is 20.5. The Morgan fingerprint density at radius 1 is 0.967 bits per heavy atom. The molecule has 0 fully saturated rings. The standard InChI is InChI=1S/C25H20N4O/c1-17-27-23-12-6-7-13-24(23)29(17)16-25(30)28-26-15-22-20-10-4-2-8-18(20)14-19-9-3-5-11-21(19)22/h2-15H,16H2,1H3,(H,28,30)/b26-15+. The number of nitrogens with zero attached hydrogens (tertiary/aromatic N) is 3. The third-order valence-electron chi connectivity index (χ3n) is 5.34. The maximum atomic E-state index is 12.6. The fourth-order valence-electron chi connectivity index (χ4n) is 3.93. The van der Waals surface area contributed by atoms with E-state index in [0.29, 0.717) is 0 Å². The number of aryl methyl sites for hydroxylation is 1. The van der Waals surface area contributed by atoms with Crippen molar-refractivity contribution in [2.24, 2.45) is 5.10 Å². The smallest absolute Gasteiger partial charge is 0.260 e. The predicted molar refractivity (Wildman–Crippen MR) is 122 cm³/mol. The molecule has 146 valence electrons. The summed E-state index contributed by atoms with van der Waals surface area (Å²) < 4.78 is 1.90. The number of rotatable bonds is 4. The van der Waals surface area contributed by atoms with Crippen LogP contribution in [0.15, 0.2) is 84.0 Å². The number of fused-ring (bicyclic) bond motifs is 3. The number of aromatic nitrogens is 2. The molecule has 5 rings (SSSR count). The third kappa shape index (κ3) is 3.20. The molecule has 5 nitrogen and oxygen atoms in total. The molecule has 30 heavy (non-hydrogen) atoms. The van der Waals surface area contributed by atoms with Gasteiger partial charge in [0.25, 0.3) is 5.91 Å². The minimum Gasteiger partial charge on any atom is -0.319 e. The van der Waals surface area contributed by atoms with Crippen LogP contribution < -0.4 is 5.43 Å². The first-order valence-corrected chi connectivity index (χ1v) is 9.85. The first kappa shape index (κ1) is 18.1. The van der Waals surface area contributed by atoms with E-state index in [-0.39, 0.29) is 12.5 Å². The van der Waals surface area contributed by atoms with Crippen molar-refractivity contribution in [1.29, 1.82) is 0 Å². The molecule has 0 atom stereocenters. The van der Waals surface area contributed by atoms with Gasteiger partial charge in [0, 0.05) is 5.56 Å². The van der Waals surface area contributed by atoms with Gasteiger partial charge in [-0.25, -0.2) is 10.4 Å². The Bertz CT molecular complexity index is 1380. The maximum absolute atomic E-state index is 12.6. The Kier molecular flexibility index (Phi) is 4.48. The Morgan fingerprint density at radius 3 is 2.33 bits per heavy atom. The number of imidazole rings is 1. The van der Waals surface area contributed by atoms with E-state index in [1.54, 1.807) is 6.21 Å². The van der Waals surface area contributed by atoms with Gasteiger partial charge in [0.05, 0.1) is 17.2 Å². The van der Waals surface area contributed by atoms with E-state index in [2.05, 4.69) is 45.8 Å². The van der Waals surface area contributed by atoms with Crippen LogP contribution in [0.25, 0.3) is 32.6 Å². The highest BCUT2D eigenvalue weighted by Gasteiger charge is 2.10. The summed E-state index contributed by atoms with van der Waals surface area (Å²) in [6.07, 6.45) is 1.74. The summed E-state index contributed by atoms with van der Waals surface area (Å²) >= 11 is 0. The number of benzene rings is 4. The Balaban J connectivity index is 1.43. The SMILES string of the molecule is Cc1nc2ccccc2n1CC(=O)N/N=C/c1c2ccccc2cc2ccccc12. The van der Waals surface area contributed by atoms with E-state index in [0.717, 1.165) is 44.0 Å². The third-order valence-corrected chi connectivity index (χ3v) is 5.34. The molecule has 0 saturated heterocycles. The topological polar surface area (TPSA) is 59.3 Å². The summed E-state index contributed by atoms with van der Waals surface area (Å²) in [5.74, 6) is 0.609. The average molecular weight is 392 g/mol. The molecular formula is C25H20N4O. The second-order valence-electron chi connectivity index (χ2n) is 7.26. The van der Waals surface area contributed by atoms with Crippen molar-refractivity contribution < 1.29 is 4.79 Å². The summed E-state index contributed by atoms with van der Waals surface area (Å²) in [6, 6.07) is 26.4. The molecule has 5 aromatic rings. The van der Waals surface area contributed by atoms with Gasteiger partial charge in [-0.3, -0.25) is 4.79 Å². The van der Waals surface area contributed by atoms with Crippen molar-refractivity contribution in [3.63, 3.8) is 0 Å². The Morgan fingerprint density at radius 2 is 1.60 bits per heavy atom. The fourth-order valence-corrected chi connectivity index (χ4v) is 3.93. The summed E-state index contributed by atoms with van der Waals surface area (Å²) in [7, 11) is 0. The molecule has 5 heteroatoms. The first-order chi connectivity index (χ1) is 14.7. The highest BCUT2D eigenvalue weighted by Crippen LogP contribution is 2.27. The lowest BCUT2D eigenvalue weighted by Gasteiger charge is -2.08. The van der Waals surface area contributed by atoms with Crippen LogP contribution in [-0.2, 0) is 11.3 Å². The van der Waals surface area contributed by atoms with Crippen LogP contribution in [0.5, 0.6) is 0 Å². The lowest BCUT2D eigenvalue weighted by atomic mass is 9.97.